The van der Waals surface area contributed by atoms with Gasteiger partial charge in [0.2, 0.25) is 0 Å². The molecule has 0 fully saturated rings. The van der Waals surface area contributed by atoms with Gasteiger partial charge in [0.1, 0.15) is 9.67 Å². The van der Waals surface area contributed by atoms with Crippen LogP contribution in [-0.4, -0.2) is 28.7 Å². The van der Waals surface area contributed by atoms with Crippen LogP contribution in [0.25, 0.3) is 0 Å². The predicted octanol–water partition coefficient (Wildman–Crippen LogP) is 5.24. The zero-order valence-corrected chi connectivity index (χ0v) is 14.3. The summed E-state index contributed by atoms with van der Waals surface area (Å²) >= 11 is 22.6. The van der Waals surface area contributed by atoms with Crippen LogP contribution in [0.2, 0.25) is 24.2 Å². The molecule has 0 aliphatic heterocycles. The molecule has 94 valence electrons. The van der Waals surface area contributed by atoms with Crippen LogP contribution >= 0.6 is 46.4 Å². The molecule has 0 rings (SSSR count). The molecule has 0 aromatic carbocycles. The van der Waals surface area contributed by atoms with Gasteiger partial charge in [-0.1, -0.05) is 37.0 Å². The van der Waals surface area contributed by atoms with Gasteiger partial charge in [-0.3, -0.25) is 0 Å². The van der Waals surface area contributed by atoms with E-state index in [2.05, 4.69) is 0 Å². The summed E-state index contributed by atoms with van der Waals surface area (Å²) in [4.78, 5) is -0.351. The zero-order chi connectivity index (χ0) is 12.2. The quantitative estimate of drug-likeness (QED) is 0.275. The van der Waals surface area contributed by atoms with E-state index in [1.165, 1.54) is 37.0 Å². The Kier molecular flexibility index (Phi) is 14.3. The third-order valence-electron chi connectivity index (χ3n) is 2.03. The molecule has 0 saturated carbocycles. The standard InChI is InChI=1S/C10H18Cl4Si2/c11-9(12)3-1-5-15-7-8-16-6-2-4-10(13)14/h9-10H,1-8H2. The van der Waals surface area contributed by atoms with Gasteiger partial charge in [0.25, 0.3) is 0 Å². The average molecular weight is 336 g/mol. The average Bonchev–Trinajstić information content (AvgIpc) is 2.20. The maximum atomic E-state index is 5.65. The second-order valence-corrected chi connectivity index (χ2v) is 9.12. The van der Waals surface area contributed by atoms with Gasteiger partial charge in [0.05, 0.1) is 0 Å². The molecule has 0 amide bonds. The van der Waals surface area contributed by atoms with Gasteiger partial charge in [0, 0.05) is 19.0 Å². The van der Waals surface area contributed by atoms with Crippen molar-refractivity contribution >= 4 is 65.4 Å². The molecule has 0 aliphatic carbocycles. The molecule has 0 heterocycles. The molecule has 0 aliphatic rings. The fourth-order valence-electron chi connectivity index (χ4n) is 1.19. The lowest BCUT2D eigenvalue weighted by atomic mass is 10.4. The first-order valence-corrected chi connectivity index (χ1v) is 10.2. The van der Waals surface area contributed by atoms with Gasteiger partial charge in [-0.15, -0.1) is 46.4 Å². The van der Waals surface area contributed by atoms with E-state index in [4.69, 9.17) is 46.4 Å². The summed E-state index contributed by atoms with van der Waals surface area (Å²) in [5.41, 5.74) is 0. The van der Waals surface area contributed by atoms with E-state index < -0.39 is 0 Å². The maximum absolute atomic E-state index is 5.65. The molecular weight excluding hydrogens is 318 g/mol. The summed E-state index contributed by atoms with van der Waals surface area (Å²) in [6, 6.07) is 5.29. The minimum atomic E-state index is -0.175. The molecule has 6 heteroatoms. The molecule has 0 aromatic heterocycles. The molecule has 0 atom stereocenters. The molecule has 0 N–H and O–H groups in total. The Labute approximate surface area is 124 Å². The van der Waals surface area contributed by atoms with Gasteiger partial charge >= 0.3 is 0 Å². The van der Waals surface area contributed by atoms with Crippen LogP contribution in [0.4, 0.5) is 0 Å². The van der Waals surface area contributed by atoms with E-state index in [0.717, 1.165) is 31.9 Å². The first kappa shape index (κ1) is 17.6. The highest BCUT2D eigenvalue weighted by Gasteiger charge is 2.00. The van der Waals surface area contributed by atoms with Gasteiger partial charge < -0.3 is 0 Å². The van der Waals surface area contributed by atoms with Crippen LogP contribution in [-0.2, 0) is 0 Å². The van der Waals surface area contributed by atoms with E-state index in [9.17, 15) is 0 Å². The molecular formula is C10H18Cl4Si2. The van der Waals surface area contributed by atoms with Gasteiger partial charge in [-0.2, -0.15) is 0 Å². The lowest BCUT2D eigenvalue weighted by Crippen LogP contribution is -1.96. The van der Waals surface area contributed by atoms with Crippen molar-refractivity contribution in [2.45, 2.75) is 59.5 Å². The van der Waals surface area contributed by atoms with E-state index in [-0.39, 0.29) is 9.67 Å². The number of hydrogen-bond acceptors (Lipinski definition) is 0. The monoisotopic (exact) mass is 334 g/mol. The van der Waals surface area contributed by atoms with Gasteiger partial charge in [-0.05, 0) is 12.8 Å². The Bertz CT molecular complexity index is 129. The predicted molar refractivity (Wildman–Crippen MR) is 80.2 cm³/mol. The van der Waals surface area contributed by atoms with Crippen LogP contribution < -0.4 is 0 Å². The van der Waals surface area contributed by atoms with E-state index in [1.807, 2.05) is 0 Å². The van der Waals surface area contributed by atoms with E-state index in [0.29, 0.717) is 0 Å². The summed E-state index contributed by atoms with van der Waals surface area (Å²) in [6.07, 6.45) is 4.20. The Balaban J connectivity index is 2.93. The van der Waals surface area contributed by atoms with Crippen molar-refractivity contribution in [3.8, 4) is 0 Å². The second-order valence-electron chi connectivity index (χ2n) is 3.57. The number of hydrogen-bond donors (Lipinski definition) is 0. The van der Waals surface area contributed by atoms with Crippen molar-refractivity contribution in [2.75, 3.05) is 0 Å². The highest BCUT2D eigenvalue weighted by molar-refractivity contribution is 6.45. The van der Waals surface area contributed by atoms with E-state index >= 15 is 0 Å². The fraction of sp³-hybridized carbons (Fsp3) is 1.00. The molecule has 0 saturated heterocycles. The SMILES string of the molecule is ClC(Cl)CCC[Si]CC[Si]CCCC(Cl)Cl. The number of halogens is 4. The Morgan fingerprint density at radius 1 is 0.625 bits per heavy atom. The lowest BCUT2D eigenvalue weighted by Gasteiger charge is -2.02. The normalized spacial score (nSPS) is 11.6. The van der Waals surface area contributed by atoms with Crippen molar-refractivity contribution < 1.29 is 0 Å². The highest BCUT2D eigenvalue weighted by Crippen LogP contribution is 2.13. The first-order chi connectivity index (χ1) is 7.63. The number of alkyl halides is 4. The largest absolute Gasteiger partial charge is 0.107 e. The zero-order valence-electron chi connectivity index (χ0n) is 9.32. The molecule has 0 unspecified atom stereocenters. The Morgan fingerprint density at radius 3 is 1.31 bits per heavy atom. The third-order valence-corrected chi connectivity index (χ3v) is 6.02. The summed E-state index contributed by atoms with van der Waals surface area (Å²) < 4.78 is 0. The summed E-state index contributed by atoms with van der Waals surface area (Å²) in [5.74, 6) is 0. The maximum Gasteiger partial charge on any atom is 0.107 e. The first-order valence-electron chi connectivity index (χ1n) is 5.60. The minimum absolute atomic E-state index is 0.175. The van der Waals surface area contributed by atoms with Crippen molar-refractivity contribution in [3.05, 3.63) is 0 Å². The third kappa shape index (κ3) is 15.6. The second kappa shape index (κ2) is 13.0. The van der Waals surface area contributed by atoms with Crippen LogP contribution in [0.5, 0.6) is 0 Å². The fourth-order valence-corrected chi connectivity index (χ4v) is 4.63. The summed E-state index contributed by atoms with van der Waals surface area (Å²) in [5, 5.41) is 0. The lowest BCUT2D eigenvalue weighted by molar-refractivity contribution is 0.849. The molecule has 0 bridgehead atoms. The van der Waals surface area contributed by atoms with Crippen LogP contribution in [0.1, 0.15) is 25.7 Å². The van der Waals surface area contributed by atoms with E-state index in [1.54, 1.807) is 0 Å². The Morgan fingerprint density at radius 2 is 1.00 bits per heavy atom. The topological polar surface area (TPSA) is 0 Å². The van der Waals surface area contributed by atoms with Crippen LogP contribution in [0, 0.1) is 0 Å². The molecule has 16 heavy (non-hydrogen) atoms. The van der Waals surface area contributed by atoms with Crippen LogP contribution in [0.15, 0.2) is 0 Å². The Hall–Kier alpha value is 1.59. The molecule has 0 nitrogen and oxygen atoms in total. The smallest absolute Gasteiger partial charge is 0.105 e. The minimum Gasteiger partial charge on any atom is -0.105 e. The molecule has 4 radical (unpaired) electrons. The molecule has 0 aromatic rings. The van der Waals surface area contributed by atoms with Gasteiger partial charge in [0.15, 0.2) is 0 Å². The van der Waals surface area contributed by atoms with Crippen molar-refractivity contribution in [3.63, 3.8) is 0 Å². The number of rotatable bonds is 11. The van der Waals surface area contributed by atoms with Crippen LogP contribution in [0.3, 0.4) is 0 Å². The van der Waals surface area contributed by atoms with Crippen molar-refractivity contribution in [2.24, 2.45) is 0 Å². The van der Waals surface area contributed by atoms with Crippen molar-refractivity contribution in [1.82, 2.24) is 0 Å². The van der Waals surface area contributed by atoms with Gasteiger partial charge in [-0.25, -0.2) is 0 Å². The summed E-state index contributed by atoms with van der Waals surface area (Å²) in [6.45, 7) is 0. The van der Waals surface area contributed by atoms with Crippen molar-refractivity contribution in [1.29, 1.82) is 0 Å². The highest BCUT2D eigenvalue weighted by atomic mass is 35.5. The molecule has 0 spiro atoms. The summed E-state index contributed by atoms with van der Waals surface area (Å²) in [7, 11) is 2.15.